The van der Waals surface area contributed by atoms with Gasteiger partial charge < -0.3 is 10.5 Å². The monoisotopic (exact) mass is 290 g/mol. The van der Waals surface area contributed by atoms with Gasteiger partial charge in [-0.1, -0.05) is 17.7 Å². The molecule has 2 aromatic rings. The van der Waals surface area contributed by atoms with Crippen LogP contribution in [0.4, 0.5) is 0 Å². The van der Waals surface area contributed by atoms with Crippen LogP contribution in [-0.2, 0) is 12.8 Å². The quantitative estimate of drug-likeness (QED) is 0.888. The zero-order valence-corrected chi connectivity index (χ0v) is 12.3. The first-order valence-electron chi connectivity index (χ1n) is 6.66. The van der Waals surface area contributed by atoms with Crippen molar-refractivity contribution in [1.82, 2.24) is 4.98 Å². The van der Waals surface area contributed by atoms with Gasteiger partial charge in [0.2, 0.25) is 0 Å². The SMILES string of the molecule is COc1ccc(Cl)cc1CC(N)CCc1cccnc1. The second-order valence-electron chi connectivity index (χ2n) is 4.82. The average Bonchev–Trinajstić information content (AvgIpc) is 2.46. The summed E-state index contributed by atoms with van der Waals surface area (Å²) in [7, 11) is 1.66. The Kier molecular flexibility index (Phi) is 5.39. The van der Waals surface area contributed by atoms with E-state index in [1.807, 2.05) is 30.5 Å². The van der Waals surface area contributed by atoms with E-state index >= 15 is 0 Å². The maximum absolute atomic E-state index is 6.21. The number of benzene rings is 1. The molecule has 4 heteroatoms. The number of aromatic nitrogens is 1. The smallest absolute Gasteiger partial charge is 0.122 e. The molecule has 0 radical (unpaired) electrons. The predicted octanol–water partition coefficient (Wildman–Crippen LogP) is 3.25. The second kappa shape index (κ2) is 7.27. The van der Waals surface area contributed by atoms with Crippen LogP contribution in [-0.4, -0.2) is 18.1 Å². The fraction of sp³-hybridized carbons (Fsp3) is 0.312. The molecule has 0 spiro atoms. The van der Waals surface area contributed by atoms with Gasteiger partial charge in [0.15, 0.2) is 0 Å². The molecule has 3 nitrogen and oxygen atoms in total. The van der Waals surface area contributed by atoms with Crippen LogP contribution in [0.3, 0.4) is 0 Å². The van der Waals surface area contributed by atoms with E-state index in [1.165, 1.54) is 5.56 Å². The number of hydrogen-bond acceptors (Lipinski definition) is 3. The number of halogens is 1. The Balaban J connectivity index is 1.94. The lowest BCUT2D eigenvalue weighted by Gasteiger charge is -2.14. The molecule has 0 amide bonds. The van der Waals surface area contributed by atoms with Crippen molar-refractivity contribution in [3.63, 3.8) is 0 Å². The molecule has 106 valence electrons. The number of ether oxygens (including phenoxy) is 1. The standard InChI is InChI=1S/C16H19ClN2O/c1-20-16-7-5-14(17)9-13(16)10-15(18)6-4-12-3-2-8-19-11-12/h2-3,5,7-9,11,15H,4,6,10,18H2,1H3. The van der Waals surface area contributed by atoms with Gasteiger partial charge in [-0.3, -0.25) is 4.98 Å². The second-order valence-corrected chi connectivity index (χ2v) is 5.26. The van der Waals surface area contributed by atoms with E-state index < -0.39 is 0 Å². The van der Waals surface area contributed by atoms with Crippen molar-refractivity contribution in [2.45, 2.75) is 25.3 Å². The van der Waals surface area contributed by atoms with Crippen molar-refractivity contribution in [2.75, 3.05) is 7.11 Å². The third-order valence-corrected chi connectivity index (χ3v) is 3.49. The van der Waals surface area contributed by atoms with E-state index in [0.29, 0.717) is 5.02 Å². The van der Waals surface area contributed by atoms with Gasteiger partial charge in [0.25, 0.3) is 0 Å². The van der Waals surface area contributed by atoms with E-state index in [0.717, 1.165) is 30.6 Å². The number of methoxy groups -OCH3 is 1. The largest absolute Gasteiger partial charge is 0.496 e. The summed E-state index contributed by atoms with van der Waals surface area (Å²) in [5.74, 6) is 0.839. The Bertz CT molecular complexity index is 545. The lowest BCUT2D eigenvalue weighted by Crippen LogP contribution is -2.23. The summed E-state index contributed by atoms with van der Waals surface area (Å²) in [6.45, 7) is 0. The molecule has 2 N–H and O–H groups in total. The van der Waals surface area contributed by atoms with Crippen LogP contribution in [0, 0.1) is 0 Å². The van der Waals surface area contributed by atoms with Gasteiger partial charge in [-0.2, -0.15) is 0 Å². The minimum atomic E-state index is 0.0718. The Morgan fingerprint density at radius 1 is 1.35 bits per heavy atom. The van der Waals surface area contributed by atoms with Crippen molar-refractivity contribution in [3.8, 4) is 5.75 Å². The molecule has 1 aromatic carbocycles. The highest BCUT2D eigenvalue weighted by Gasteiger charge is 2.10. The number of rotatable bonds is 6. The van der Waals surface area contributed by atoms with Crippen LogP contribution < -0.4 is 10.5 Å². The van der Waals surface area contributed by atoms with Crippen LogP contribution in [0.25, 0.3) is 0 Å². The maximum atomic E-state index is 6.21. The Labute approximate surface area is 124 Å². The summed E-state index contributed by atoms with van der Waals surface area (Å²) in [6, 6.07) is 9.71. The minimum Gasteiger partial charge on any atom is -0.496 e. The lowest BCUT2D eigenvalue weighted by atomic mass is 10.00. The van der Waals surface area contributed by atoms with Crippen LogP contribution in [0.15, 0.2) is 42.7 Å². The molecule has 0 aliphatic carbocycles. The highest BCUT2D eigenvalue weighted by Crippen LogP contribution is 2.24. The zero-order valence-electron chi connectivity index (χ0n) is 11.6. The molecule has 0 bridgehead atoms. The van der Waals surface area contributed by atoms with E-state index in [2.05, 4.69) is 11.1 Å². The number of aryl methyl sites for hydroxylation is 1. The molecule has 1 atom stereocenters. The van der Waals surface area contributed by atoms with Gasteiger partial charge in [-0.15, -0.1) is 0 Å². The summed E-state index contributed by atoms with van der Waals surface area (Å²) in [5, 5.41) is 0.709. The molecule has 1 aromatic heterocycles. The van der Waals surface area contributed by atoms with E-state index in [1.54, 1.807) is 13.3 Å². The minimum absolute atomic E-state index is 0.0718. The highest BCUT2D eigenvalue weighted by atomic mass is 35.5. The maximum Gasteiger partial charge on any atom is 0.122 e. The number of nitrogens with zero attached hydrogens (tertiary/aromatic N) is 1. The van der Waals surface area contributed by atoms with E-state index in [4.69, 9.17) is 22.1 Å². The fourth-order valence-corrected chi connectivity index (χ4v) is 2.38. The summed E-state index contributed by atoms with van der Waals surface area (Å²) >= 11 is 6.03. The molecule has 0 aliphatic rings. The topological polar surface area (TPSA) is 48.1 Å². The van der Waals surface area contributed by atoms with Gasteiger partial charge in [-0.25, -0.2) is 0 Å². The summed E-state index contributed by atoms with van der Waals surface area (Å²) in [6.07, 6.45) is 6.25. The first-order chi connectivity index (χ1) is 9.69. The Morgan fingerprint density at radius 2 is 2.20 bits per heavy atom. The molecule has 1 unspecified atom stereocenters. The fourth-order valence-electron chi connectivity index (χ4n) is 2.19. The zero-order chi connectivity index (χ0) is 14.4. The average molecular weight is 291 g/mol. The molecule has 20 heavy (non-hydrogen) atoms. The third-order valence-electron chi connectivity index (χ3n) is 3.25. The number of pyridine rings is 1. The Morgan fingerprint density at radius 3 is 2.90 bits per heavy atom. The van der Waals surface area contributed by atoms with Crippen molar-refractivity contribution in [3.05, 3.63) is 58.9 Å². The van der Waals surface area contributed by atoms with Crippen molar-refractivity contribution >= 4 is 11.6 Å². The highest BCUT2D eigenvalue weighted by molar-refractivity contribution is 6.30. The Hall–Kier alpha value is -1.58. The first kappa shape index (κ1) is 14.8. The van der Waals surface area contributed by atoms with Gasteiger partial charge in [0.05, 0.1) is 7.11 Å². The number of hydrogen-bond donors (Lipinski definition) is 1. The lowest BCUT2D eigenvalue weighted by molar-refractivity contribution is 0.407. The van der Waals surface area contributed by atoms with E-state index in [9.17, 15) is 0 Å². The molecule has 2 rings (SSSR count). The van der Waals surface area contributed by atoms with Gasteiger partial charge >= 0.3 is 0 Å². The van der Waals surface area contributed by atoms with Gasteiger partial charge in [0.1, 0.15) is 5.75 Å². The van der Waals surface area contributed by atoms with Crippen molar-refractivity contribution < 1.29 is 4.74 Å². The van der Waals surface area contributed by atoms with E-state index in [-0.39, 0.29) is 6.04 Å². The van der Waals surface area contributed by atoms with Crippen LogP contribution in [0.1, 0.15) is 17.5 Å². The normalized spacial score (nSPS) is 12.2. The summed E-state index contributed by atoms with van der Waals surface area (Å²) in [4.78, 5) is 4.11. The molecule has 0 saturated heterocycles. The third kappa shape index (κ3) is 4.22. The molecule has 0 aliphatic heterocycles. The van der Waals surface area contributed by atoms with Crippen LogP contribution in [0.5, 0.6) is 5.75 Å². The van der Waals surface area contributed by atoms with Gasteiger partial charge in [-0.05, 0) is 54.7 Å². The summed E-state index contributed by atoms with van der Waals surface area (Å²) in [5.41, 5.74) is 8.47. The molecular formula is C16H19ClN2O. The van der Waals surface area contributed by atoms with Crippen molar-refractivity contribution in [1.29, 1.82) is 0 Å². The van der Waals surface area contributed by atoms with Crippen LogP contribution >= 0.6 is 11.6 Å². The van der Waals surface area contributed by atoms with Gasteiger partial charge in [0, 0.05) is 23.5 Å². The number of nitrogens with two attached hydrogens (primary N) is 1. The summed E-state index contributed by atoms with van der Waals surface area (Å²) < 4.78 is 5.34. The first-order valence-corrected chi connectivity index (χ1v) is 7.03. The molecule has 0 fully saturated rings. The van der Waals surface area contributed by atoms with Crippen molar-refractivity contribution in [2.24, 2.45) is 5.73 Å². The van der Waals surface area contributed by atoms with Crippen LogP contribution in [0.2, 0.25) is 5.02 Å². The molecule has 1 heterocycles. The molecular weight excluding hydrogens is 272 g/mol. The predicted molar refractivity (Wildman–Crippen MR) is 82.2 cm³/mol. The molecule has 0 saturated carbocycles.